The van der Waals surface area contributed by atoms with Gasteiger partial charge in [0, 0.05) is 60.0 Å². The molecule has 0 saturated carbocycles. The number of pyridine rings is 4. The average Bonchev–Trinajstić information content (AvgIpc) is 0.740. The largest absolute Gasteiger partial charge is 0.507 e. The second-order valence-electron chi connectivity index (χ2n) is 24.9. The molecule has 2 saturated heterocycles. The molecule has 1 N–H and O–H groups in total. The van der Waals surface area contributed by atoms with Gasteiger partial charge in [0.1, 0.15) is 41.9 Å². The number of nitrogens with zero attached hydrogens (tertiary/aromatic N) is 7. The molecule has 0 spiro atoms. The first-order valence-electron chi connectivity index (χ1n) is 29.5. The van der Waals surface area contributed by atoms with Crippen LogP contribution in [0.25, 0.3) is 55.4 Å². The molecule has 88 heavy (non-hydrogen) atoms. The number of piperidine rings is 1. The Hall–Kier alpha value is -8.03. The molecule has 12 rings (SSSR count). The summed E-state index contributed by atoms with van der Waals surface area (Å²) in [6.45, 7) is 22.6. The Bertz CT molecular complexity index is 4260. The van der Waals surface area contributed by atoms with E-state index in [0.29, 0.717) is 81.7 Å². The van der Waals surface area contributed by atoms with Crippen molar-refractivity contribution in [3.63, 3.8) is 0 Å². The van der Waals surface area contributed by atoms with E-state index in [1.807, 2.05) is 53.4 Å². The minimum absolute atomic E-state index is 0.0290. The van der Waals surface area contributed by atoms with E-state index in [0.717, 1.165) is 18.9 Å². The van der Waals surface area contributed by atoms with E-state index in [-0.39, 0.29) is 104 Å². The summed E-state index contributed by atoms with van der Waals surface area (Å²) in [4.78, 5) is 57.2. The topological polar surface area (TPSA) is 154 Å². The number of phenols is 1. The molecule has 4 aliphatic heterocycles. The Morgan fingerprint density at radius 3 is 1.66 bits per heavy atom. The summed E-state index contributed by atoms with van der Waals surface area (Å²) in [7, 11) is 1.36. The quantitative estimate of drug-likeness (QED) is 0.151. The van der Waals surface area contributed by atoms with Gasteiger partial charge in [0.15, 0.2) is 11.6 Å². The number of aromatic nitrogens is 4. The van der Waals surface area contributed by atoms with Gasteiger partial charge in [-0.1, -0.05) is 70.0 Å². The molecule has 462 valence electrons. The van der Waals surface area contributed by atoms with E-state index in [4.69, 9.17) is 42.1 Å². The van der Waals surface area contributed by atoms with Gasteiger partial charge in [0.05, 0.1) is 85.5 Å². The van der Waals surface area contributed by atoms with Gasteiger partial charge >= 0.3 is 6.09 Å². The minimum Gasteiger partial charge on any atom is -0.507 e. The maximum Gasteiger partial charge on any atom is 0.410 e. The van der Waals surface area contributed by atoms with Crippen molar-refractivity contribution < 1.29 is 46.4 Å². The Morgan fingerprint density at radius 2 is 1.16 bits per heavy atom. The van der Waals surface area contributed by atoms with Gasteiger partial charge in [-0.05, 0) is 132 Å². The number of ether oxygens (including phenoxy) is 4. The number of carbonyl (C=O) groups is 1. The van der Waals surface area contributed by atoms with Crippen molar-refractivity contribution in [2.75, 3.05) is 49.8 Å². The number of hydrogen-bond donors (Lipinski definition) is 1. The van der Waals surface area contributed by atoms with Crippen molar-refractivity contribution in [3.8, 4) is 56.6 Å². The molecule has 8 aromatic rings. The molecule has 8 heterocycles. The number of phenolic OH excluding ortho intramolecular Hbond substituents is 1. The van der Waals surface area contributed by atoms with Gasteiger partial charge in [-0.15, -0.1) is 0 Å². The molecule has 0 radical (unpaired) electrons. The van der Waals surface area contributed by atoms with Crippen LogP contribution in [0.4, 0.5) is 33.7 Å². The molecule has 4 atom stereocenters. The van der Waals surface area contributed by atoms with Crippen LogP contribution >= 0.6 is 23.2 Å². The van der Waals surface area contributed by atoms with Crippen LogP contribution < -0.4 is 35.1 Å². The fraction of sp³-hybridized carbons (Fsp3) is 0.388. The predicted octanol–water partition coefficient (Wildman–Crippen LogP) is 14.8. The van der Waals surface area contributed by atoms with Crippen LogP contribution in [-0.4, -0.2) is 98.9 Å². The highest BCUT2D eigenvalue weighted by Gasteiger charge is 2.44. The number of methoxy groups -OCH3 is 1. The van der Waals surface area contributed by atoms with Gasteiger partial charge in [-0.2, -0.15) is 0 Å². The van der Waals surface area contributed by atoms with Crippen molar-refractivity contribution in [2.45, 2.75) is 125 Å². The lowest BCUT2D eigenvalue weighted by atomic mass is 9.91. The molecule has 0 bridgehead atoms. The SMILES string of the molecule is COc1cccc(F)c1-c1c(Cl)cc2c3c(c(=O)n(-c4c(C)ccnc4C(C)C)c2c1F)OC[C@H]1CN(C(=O)OC(C)(C)C)[C@H](C)CN31.Cc1ccnc(C(C)C)c1-n1c(=O)c2c(c3cc(Cl)c(-c4c(O)cccc4F)c(F)c31)N1C[C@@H](C)CC[C@@H]1CO2. The number of carbonyl (C=O) groups excluding carboxylic acids is 1. The number of anilines is 2. The van der Waals surface area contributed by atoms with Crippen LogP contribution in [0.1, 0.15) is 110 Å². The molecule has 1 amide bonds. The second-order valence-corrected chi connectivity index (χ2v) is 25.7. The minimum atomic E-state index is -0.909. The molecule has 4 aromatic heterocycles. The van der Waals surface area contributed by atoms with Gasteiger partial charge in [0.25, 0.3) is 11.1 Å². The monoisotopic (exact) mass is 1250 g/mol. The van der Waals surface area contributed by atoms with E-state index in [9.17, 15) is 19.5 Å². The summed E-state index contributed by atoms with van der Waals surface area (Å²) in [5.41, 5.74) is 1.23. The molecule has 4 aliphatic rings. The summed E-state index contributed by atoms with van der Waals surface area (Å²) in [5, 5.41) is 11.1. The van der Waals surface area contributed by atoms with Crippen LogP contribution in [0.5, 0.6) is 23.0 Å². The molecular formula is C67H69Cl2F4N7O8. The Morgan fingerprint density at radius 1 is 0.670 bits per heavy atom. The third-order valence-electron chi connectivity index (χ3n) is 16.9. The van der Waals surface area contributed by atoms with Gasteiger partial charge in [-0.3, -0.25) is 28.7 Å². The van der Waals surface area contributed by atoms with Crippen molar-refractivity contribution >= 4 is 62.5 Å². The first-order chi connectivity index (χ1) is 41.7. The normalized spacial score (nSPS) is 18.1. The van der Waals surface area contributed by atoms with Gasteiger partial charge < -0.3 is 38.8 Å². The fourth-order valence-electron chi connectivity index (χ4n) is 12.9. The first kappa shape index (κ1) is 61.6. The maximum atomic E-state index is 17.5. The van der Waals surface area contributed by atoms with Crippen LogP contribution in [0.15, 0.2) is 82.6 Å². The van der Waals surface area contributed by atoms with Crippen LogP contribution in [0.2, 0.25) is 10.0 Å². The summed E-state index contributed by atoms with van der Waals surface area (Å²) < 4.78 is 91.2. The average molecular weight is 1250 g/mol. The number of fused-ring (bicyclic) bond motifs is 10. The highest BCUT2D eigenvalue weighted by Crippen LogP contribution is 2.50. The molecule has 0 unspecified atom stereocenters. The number of rotatable bonds is 7. The standard InChI is InChI=1S/C36H39ClF2N4O5.C31H30ClF2N3O3/c1-18(2)29-30(19(3)12-13-40-29)43-31-22(14-23(37)26(28(31)39)27-24(38)10-9-11-25(27)46-8)32-33(34(43)44)47-17-21-16-41(20(4)15-42(21)32)35(45)48-36(5,6)7;1-15(2)26-27(17(4)10-11-35-26)37-28-19(12-20(32)23(25(28)34)24-21(33)6-5-7-22(24)38)29-30(31(37)39)40-14-18-9-8-16(3)13-36(18)29/h9-14,18,20-21H,15-17H2,1-8H3;5-7,10-12,15-16,18,38H,8-9,13-14H2,1-4H3/t20-,21-;16-,18+/m10/s1. The van der Waals surface area contributed by atoms with Crippen LogP contribution in [0.3, 0.4) is 0 Å². The number of benzene rings is 4. The van der Waals surface area contributed by atoms with Gasteiger partial charge in [0.2, 0.25) is 11.5 Å². The predicted molar refractivity (Wildman–Crippen MR) is 335 cm³/mol. The van der Waals surface area contributed by atoms with E-state index in [1.165, 1.54) is 46.6 Å². The van der Waals surface area contributed by atoms with E-state index < -0.39 is 51.8 Å². The van der Waals surface area contributed by atoms with Crippen molar-refractivity contribution in [3.05, 3.63) is 150 Å². The van der Waals surface area contributed by atoms with Crippen molar-refractivity contribution in [2.24, 2.45) is 5.92 Å². The zero-order valence-electron chi connectivity index (χ0n) is 51.0. The van der Waals surface area contributed by atoms with E-state index in [2.05, 4.69) is 21.8 Å². The van der Waals surface area contributed by atoms with Crippen LogP contribution in [0, 0.1) is 43.0 Å². The third-order valence-corrected chi connectivity index (χ3v) is 17.5. The first-order valence-corrected chi connectivity index (χ1v) is 30.2. The number of halogens is 6. The fourth-order valence-corrected chi connectivity index (χ4v) is 13.4. The number of aromatic hydroxyl groups is 1. The summed E-state index contributed by atoms with van der Waals surface area (Å²) in [6.07, 6.45) is 4.75. The lowest BCUT2D eigenvalue weighted by Gasteiger charge is -2.48. The Balaban J connectivity index is 0.000000185. The zero-order chi connectivity index (χ0) is 63.3. The summed E-state index contributed by atoms with van der Waals surface area (Å²) in [5.74, 6) is -3.46. The van der Waals surface area contributed by atoms with Gasteiger partial charge in [-0.25, -0.2) is 22.4 Å². The molecular weight excluding hydrogens is 1180 g/mol. The summed E-state index contributed by atoms with van der Waals surface area (Å²) in [6, 6.07) is 13.9. The highest BCUT2D eigenvalue weighted by atomic mass is 35.5. The van der Waals surface area contributed by atoms with Crippen LogP contribution in [-0.2, 0) is 4.74 Å². The number of hydrogen-bond acceptors (Lipinski definition) is 12. The molecule has 2 fully saturated rings. The molecule has 15 nitrogen and oxygen atoms in total. The molecule has 0 aliphatic carbocycles. The number of piperazine rings is 1. The smallest absolute Gasteiger partial charge is 0.410 e. The molecule has 4 aromatic carbocycles. The van der Waals surface area contributed by atoms with Crippen molar-refractivity contribution in [1.82, 2.24) is 24.0 Å². The number of amides is 1. The van der Waals surface area contributed by atoms with Crippen molar-refractivity contribution in [1.29, 1.82) is 0 Å². The summed E-state index contributed by atoms with van der Waals surface area (Å²) >= 11 is 13.6. The molecule has 21 heteroatoms. The van der Waals surface area contributed by atoms with E-state index >= 15 is 17.6 Å². The Labute approximate surface area is 516 Å². The maximum absolute atomic E-state index is 17.5. The van der Waals surface area contributed by atoms with E-state index in [1.54, 1.807) is 62.3 Å². The third kappa shape index (κ3) is 10.5. The highest BCUT2D eigenvalue weighted by molar-refractivity contribution is 6.35. The lowest BCUT2D eigenvalue weighted by Crippen LogP contribution is -2.62. The Kier molecular flexibility index (Phi) is 16.4. The zero-order valence-corrected chi connectivity index (χ0v) is 52.6. The number of aryl methyl sites for hydroxylation is 2. The lowest BCUT2D eigenvalue weighted by molar-refractivity contribution is 0.00991. The second kappa shape index (κ2) is 23.5.